The van der Waals surface area contributed by atoms with E-state index in [9.17, 15) is 66.4 Å². The third-order valence-corrected chi connectivity index (χ3v) is 21.0. The van der Waals surface area contributed by atoms with Gasteiger partial charge in [0.25, 0.3) is 0 Å². The van der Waals surface area contributed by atoms with Gasteiger partial charge in [0, 0.05) is 0 Å². The van der Waals surface area contributed by atoms with Crippen molar-refractivity contribution in [2.45, 2.75) is 242 Å². The lowest BCUT2D eigenvalue weighted by Crippen LogP contribution is -2.68. The van der Waals surface area contributed by atoms with Crippen molar-refractivity contribution in [1.82, 2.24) is 0 Å². The number of rotatable bonds is 10. The van der Waals surface area contributed by atoms with Crippen LogP contribution in [0.3, 0.4) is 0 Å². The van der Waals surface area contributed by atoms with Crippen LogP contribution in [0.25, 0.3) is 0 Å². The van der Waals surface area contributed by atoms with E-state index in [2.05, 4.69) is 54.5 Å². The predicted octanol–water partition coefficient (Wildman–Crippen LogP) is -1.40. The third kappa shape index (κ3) is 9.31. The van der Waals surface area contributed by atoms with Crippen LogP contribution >= 0.6 is 0 Å². The van der Waals surface area contributed by atoms with E-state index >= 15 is 4.79 Å². The van der Waals surface area contributed by atoms with Gasteiger partial charge in [-0.15, -0.1) is 0 Å². The Morgan fingerprint density at radius 2 is 1.19 bits per heavy atom. The van der Waals surface area contributed by atoms with E-state index in [4.69, 9.17) is 37.9 Å². The Kier molecular flexibility index (Phi) is 16.1. The van der Waals surface area contributed by atoms with Crippen molar-refractivity contribution in [3.05, 3.63) is 11.6 Å². The monoisotopic (exact) mass is 1070 g/mol. The largest absolute Gasteiger partial charge is 0.432 e. The number of ether oxygens (including phenoxy) is 8. The van der Waals surface area contributed by atoms with Crippen LogP contribution in [0, 0.1) is 50.2 Å². The van der Waals surface area contributed by atoms with Crippen LogP contribution in [0.5, 0.6) is 0 Å². The average Bonchev–Trinajstić information content (AvgIpc) is 3.35. The summed E-state index contributed by atoms with van der Waals surface area (Å²) < 4.78 is 47.0. The molecule has 0 aromatic heterocycles. The van der Waals surface area contributed by atoms with Crippen LogP contribution in [0.2, 0.25) is 0 Å². The molecular weight excluding hydrogens is 989 g/mol. The summed E-state index contributed by atoms with van der Waals surface area (Å²) in [5.74, 6) is -0.921. The zero-order chi connectivity index (χ0) is 54.9. The van der Waals surface area contributed by atoms with Crippen LogP contribution in [0.15, 0.2) is 11.6 Å². The molecule has 430 valence electrons. The fraction of sp³-hybridized carbons (Fsp3) is 0.943. The molecule has 13 N–H and O–H groups in total. The standard InChI is InChI=1S/C53H86O22/c1-22-32(58)34(60)38(64)44(69-22)73-41-26(19-54)70-45(39(65)35(41)61)74-42-27(20-55)71-46(40(66)36(42)62)75-47(67)53-16-15-48(2,3)17-24(53)23-9-10-29-50(6)13-12-31(72-43-37(63)33(59)25(56)21-68-43)49(4,5)28(50)11-14-51(29,7)52(23,8)18-30(53)57/h9,22,24-46,54-66H,10-21H2,1-8H3/t22-,24-,25-,26+,27+,28-,29+,30+,31-,32-,33-,34+,35+,36+,37+,38+,39+,40+,41+,42+,43-,44-,45-,46-,50-,51+,52+,53+/m0/s1. The molecule has 22 nitrogen and oxygen atoms in total. The average molecular weight is 1080 g/mol. The summed E-state index contributed by atoms with van der Waals surface area (Å²) in [6.07, 6.45) is -24.1. The lowest BCUT2D eigenvalue weighted by Gasteiger charge is -2.71. The molecule has 9 aliphatic rings. The predicted molar refractivity (Wildman–Crippen MR) is 257 cm³/mol. The highest BCUT2D eigenvalue weighted by molar-refractivity contribution is 5.80. The molecular formula is C53H86O22. The van der Waals surface area contributed by atoms with Gasteiger partial charge in [-0.3, -0.25) is 4.79 Å². The second kappa shape index (κ2) is 20.7. The number of allylic oxidation sites excluding steroid dienone is 2. The van der Waals surface area contributed by atoms with Gasteiger partial charge in [0.2, 0.25) is 6.29 Å². The molecule has 28 atom stereocenters. The van der Waals surface area contributed by atoms with Crippen LogP contribution < -0.4 is 0 Å². The van der Waals surface area contributed by atoms with Gasteiger partial charge in [0.05, 0.1) is 38.1 Å². The zero-order valence-electron chi connectivity index (χ0n) is 44.4. The lowest BCUT2D eigenvalue weighted by molar-refractivity contribution is -0.377. The molecule has 4 heterocycles. The number of aliphatic hydroxyl groups is 13. The Bertz CT molecular complexity index is 2070. The summed E-state index contributed by atoms with van der Waals surface area (Å²) in [6.45, 7) is 15.2. The fourth-order valence-corrected chi connectivity index (χ4v) is 16.3. The first-order valence-electron chi connectivity index (χ1n) is 27.2. The van der Waals surface area contributed by atoms with Crippen molar-refractivity contribution >= 4 is 5.97 Å². The van der Waals surface area contributed by atoms with Crippen molar-refractivity contribution in [2.24, 2.45) is 50.2 Å². The van der Waals surface area contributed by atoms with E-state index in [1.54, 1.807) is 0 Å². The molecule has 22 heteroatoms. The molecule has 0 aromatic carbocycles. The Balaban J connectivity index is 0.911. The zero-order valence-corrected chi connectivity index (χ0v) is 44.4. The van der Waals surface area contributed by atoms with Crippen LogP contribution in [-0.2, 0) is 42.7 Å². The summed E-state index contributed by atoms with van der Waals surface area (Å²) in [4.78, 5) is 15.2. The lowest BCUT2D eigenvalue weighted by atomic mass is 9.33. The van der Waals surface area contributed by atoms with Gasteiger partial charge in [-0.25, -0.2) is 0 Å². The Hall–Kier alpha value is -1.59. The second-order valence-electron chi connectivity index (χ2n) is 25.9. The number of hydrogen-bond donors (Lipinski definition) is 13. The summed E-state index contributed by atoms with van der Waals surface area (Å²) in [5, 5.41) is 141. The Morgan fingerprint density at radius 1 is 0.613 bits per heavy atom. The summed E-state index contributed by atoms with van der Waals surface area (Å²) in [5.41, 5.74) is -2.03. The number of aliphatic hydroxyl groups excluding tert-OH is 13. The van der Waals surface area contributed by atoms with Crippen molar-refractivity contribution in [1.29, 1.82) is 0 Å². The van der Waals surface area contributed by atoms with Crippen molar-refractivity contribution in [2.75, 3.05) is 19.8 Å². The van der Waals surface area contributed by atoms with Gasteiger partial charge < -0.3 is 104 Å². The highest BCUT2D eigenvalue weighted by atomic mass is 16.8. The van der Waals surface area contributed by atoms with Crippen LogP contribution in [-0.4, -0.2) is 221 Å². The smallest absolute Gasteiger partial charge is 0.317 e. The Labute approximate surface area is 437 Å². The number of carbonyl (C=O) groups is 1. The quantitative estimate of drug-likeness (QED) is 0.0680. The molecule has 0 bridgehead atoms. The summed E-state index contributed by atoms with van der Waals surface area (Å²) >= 11 is 0. The molecule has 0 spiro atoms. The molecule has 4 aliphatic heterocycles. The first-order chi connectivity index (χ1) is 35.0. The minimum Gasteiger partial charge on any atom is -0.432 e. The maximum absolute atomic E-state index is 15.2. The van der Waals surface area contributed by atoms with Crippen LogP contribution in [0.1, 0.15) is 113 Å². The molecule has 0 aromatic rings. The number of carbonyl (C=O) groups excluding carboxylic acids is 1. The van der Waals surface area contributed by atoms with Gasteiger partial charge in [-0.1, -0.05) is 60.1 Å². The highest BCUT2D eigenvalue weighted by Crippen LogP contribution is 2.76. The van der Waals surface area contributed by atoms with E-state index in [1.165, 1.54) is 6.92 Å². The highest BCUT2D eigenvalue weighted by Gasteiger charge is 2.72. The maximum Gasteiger partial charge on any atom is 0.317 e. The second-order valence-corrected chi connectivity index (χ2v) is 25.9. The summed E-state index contributed by atoms with van der Waals surface area (Å²) in [6, 6.07) is 0. The minimum atomic E-state index is -2.00. The number of esters is 1. The van der Waals surface area contributed by atoms with E-state index in [0.717, 1.165) is 31.3 Å². The van der Waals surface area contributed by atoms with Gasteiger partial charge in [0.1, 0.15) is 90.9 Å². The molecule has 5 aliphatic carbocycles. The molecule has 0 unspecified atom stereocenters. The molecule has 0 radical (unpaired) electrons. The third-order valence-electron chi connectivity index (χ3n) is 21.0. The van der Waals surface area contributed by atoms with Crippen molar-refractivity contribution < 1.29 is 109 Å². The van der Waals surface area contributed by atoms with E-state index < -0.39 is 159 Å². The number of fused-ring (bicyclic) bond motifs is 7. The van der Waals surface area contributed by atoms with E-state index in [-0.39, 0.29) is 59.0 Å². The molecule has 8 fully saturated rings. The topological polar surface area (TPSA) is 354 Å². The number of hydrogen-bond acceptors (Lipinski definition) is 22. The minimum absolute atomic E-state index is 0.148. The van der Waals surface area contributed by atoms with E-state index in [0.29, 0.717) is 19.3 Å². The van der Waals surface area contributed by atoms with Gasteiger partial charge in [-0.2, -0.15) is 0 Å². The van der Waals surface area contributed by atoms with E-state index in [1.807, 2.05) is 0 Å². The van der Waals surface area contributed by atoms with Crippen molar-refractivity contribution in [3.8, 4) is 0 Å². The molecule has 4 saturated heterocycles. The van der Waals surface area contributed by atoms with Gasteiger partial charge in [0.15, 0.2) is 18.9 Å². The summed E-state index contributed by atoms with van der Waals surface area (Å²) in [7, 11) is 0. The van der Waals surface area contributed by atoms with Gasteiger partial charge in [-0.05, 0) is 110 Å². The van der Waals surface area contributed by atoms with Crippen LogP contribution in [0.4, 0.5) is 0 Å². The first-order valence-corrected chi connectivity index (χ1v) is 27.2. The molecule has 0 amide bonds. The first kappa shape index (κ1) is 58.1. The molecule has 9 rings (SSSR count). The fourth-order valence-electron chi connectivity index (χ4n) is 16.3. The molecule has 75 heavy (non-hydrogen) atoms. The maximum atomic E-state index is 15.2. The Morgan fingerprint density at radius 3 is 1.81 bits per heavy atom. The van der Waals surface area contributed by atoms with Gasteiger partial charge >= 0.3 is 5.97 Å². The SMILES string of the molecule is C[C@@H]1O[C@@H](O[C@H]2[C@H](O)[C@@H](O)[C@H](O[C@H]3[C@H](O)[C@@H](O)[C@H](OC(=O)[C@]45CCC(C)(C)C[C@H]4C4=CC[C@@H]6[C@@]7(C)CC[C@H](O[C@@H]8OC[C@H](O)[C@H](O)[C@H]8O)C(C)(C)[C@@H]7CC[C@@]6(C)[C@]4(C)C[C@H]5O)O[C@@H]3CO)O[C@@H]2CO)[C@H](O)[C@H](O)[C@H]1O. The normalized spacial score (nSPS) is 54.5. The molecule has 4 saturated carbocycles. The van der Waals surface area contributed by atoms with Crippen molar-refractivity contribution in [3.63, 3.8) is 0 Å².